The molecule has 0 fully saturated rings. The Kier molecular flexibility index (Phi) is 4.98. The van der Waals surface area contributed by atoms with Gasteiger partial charge in [-0.1, -0.05) is 17.7 Å². The molecule has 1 aromatic heterocycles. The van der Waals surface area contributed by atoms with Crippen molar-refractivity contribution in [2.45, 2.75) is 26.9 Å². The number of hydrogen-bond donors (Lipinski definition) is 3. The first-order valence-electron chi connectivity index (χ1n) is 6.80. The molecule has 0 spiro atoms. The third kappa shape index (κ3) is 4.06. The molecule has 2 amide bonds. The van der Waals surface area contributed by atoms with Gasteiger partial charge in [-0.3, -0.25) is 0 Å². The maximum Gasteiger partial charge on any atom is 0.319 e. The number of nitrogens with one attached hydrogen (secondary N) is 2. The molecule has 21 heavy (non-hydrogen) atoms. The summed E-state index contributed by atoms with van der Waals surface area (Å²) in [7, 11) is 0. The molecular weight excluding hydrogens is 284 g/mol. The molecule has 0 saturated carbocycles. The van der Waals surface area contributed by atoms with Crippen LogP contribution in [0, 0.1) is 20.8 Å². The highest BCUT2D eigenvalue weighted by atomic mass is 32.1. The fourth-order valence-electron chi connectivity index (χ4n) is 2.31. The summed E-state index contributed by atoms with van der Waals surface area (Å²) in [6.07, 6.45) is -0.679. The first-order chi connectivity index (χ1) is 9.97. The van der Waals surface area contributed by atoms with Crippen molar-refractivity contribution in [3.63, 3.8) is 0 Å². The molecule has 1 unspecified atom stereocenters. The summed E-state index contributed by atoms with van der Waals surface area (Å²) in [5.41, 5.74) is 4.87. The quantitative estimate of drug-likeness (QED) is 0.809. The van der Waals surface area contributed by atoms with Gasteiger partial charge in [0.25, 0.3) is 0 Å². The first kappa shape index (κ1) is 15.5. The summed E-state index contributed by atoms with van der Waals surface area (Å²) in [5, 5.41) is 19.2. The van der Waals surface area contributed by atoms with Crippen LogP contribution < -0.4 is 10.6 Å². The van der Waals surface area contributed by atoms with E-state index < -0.39 is 6.10 Å². The molecule has 0 saturated heterocycles. The predicted molar refractivity (Wildman–Crippen MR) is 87.0 cm³/mol. The molecule has 4 nitrogen and oxygen atoms in total. The van der Waals surface area contributed by atoms with E-state index in [1.165, 1.54) is 16.9 Å². The Morgan fingerprint density at radius 2 is 1.95 bits per heavy atom. The molecule has 112 valence electrons. The molecule has 0 radical (unpaired) electrons. The number of aliphatic hydroxyl groups excluding tert-OH is 1. The molecular formula is C16H20N2O2S. The SMILES string of the molecule is Cc1cc(C)c(NC(=O)NCC(O)c2ccsc2)c(C)c1. The van der Waals surface area contributed by atoms with E-state index in [1.54, 1.807) is 0 Å². The van der Waals surface area contributed by atoms with Crippen LogP contribution in [0.1, 0.15) is 28.4 Å². The van der Waals surface area contributed by atoms with Gasteiger partial charge in [0.2, 0.25) is 0 Å². The molecule has 2 aromatic rings. The molecule has 0 bridgehead atoms. The van der Waals surface area contributed by atoms with Crippen LogP contribution in [0.3, 0.4) is 0 Å². The number of aliphatic hydroxyl groups is 1. The van der Waals surface area contributed by atoms with Gasteiger partial charge in [0.15, 0.2) is 0 Å². The van der Waals surface area contributed by atoms with Crippen LogP contribution in [0.15, 0.2) is 29.0 Å². The predicted octanol–water partition coefficient (Wildman–Crippen LogP) is 3.53. The van der Waals surface area contributed by atoms with Gasteiger partial charge < -0.3 is 15.7 Å². The van der Waals surface area contributed by atoms with E-state index in [0.717, 1.165) is 22.4 Å². The monoisotopic (exact) mass is 304 g/mol. The normalized spacial score (nSPS) is 12.0. The van der Waals surface area contributed by atoms with E-state index in [1.807, 2.05) is 49.7 Å². The Morgan fingerprint density at radius 3 is 2.52 bits per heavy atom. The van der Waals surface area contributed by atoms with Gasteiger partial charge in [0.1, 0.15) is 0 Å². The second-order valence-electron chi connectivity index (χ2n) is 5.18. The number of amides is 2. The second kappa shape index (κ2) is 6.74. The van der Waals surface area contributed by atoms with Gasteiger partial charge in [-0.05, 0) is 54.3 Å². The zero-order valence-corrected chi connectivity index (χ0v) is 13.3. The van der Waals surface area contributed by atoms with Gasteiger partial charge in [-0.25, -0.2) is 4.79 Å². The van der Waals surface area contributed by atoms with Crippen molar-refractivity contribution in [2.24, 2.45) is 0 Å². The number of carbonyl (C=O) groups excluding carboxylic acids is 1. The van der Waals surface area contributed by atoms with Crippen LogP contribution in [0.5, 0.6) is 0 Å². The number of anilines is 1. The van der Waals surface area contributed by atoms with Crippen LogP contribution in [0.2, 0.25) is 0 Å². The molecule has 5 heteroatoms. The van der Waals surface area contributed by atoms with Crippen molar-refractivity contribution in [3.8, 4) is 0 Å². The molecule has 0 aliphatic heterocycles. The third-order valence-corrected chi connectivity index (χ3v) is 4.00. The van der Waals surface area contributed by atoms with E-state index in [2.05, 4.69) is 10.6 Å². The summed E-state index contributed by atoms with van der Waals surface area (Å²) in [4.78, 5) is 11.9. The second-order valence-corrected chi connectivity index (χ2v) is 5.96. The van der Waals surface area contributed by atoms with Crippen LogP contribution in [0.4, 0.5) is 10.5 Å². The Labute approximate surface area is 128 Å². The minimum absolute atomic E-state index is 0.187. The zero-order valence-electron chi connectivity index (χ0n) is 12.4. The number of carbonyl (C=O) groups is 1. The number of hydrogen-bond acceptors (Lipinski definition) is 3. The minimum Gasteiger partial charge on any atom is -0.387 e. The van der Waals surface area contributed by atoms with E-state index in [9.17, 15) is 9.90 Å². The fourth-order valence-corrected chi connectivity index (χ4v) is 3.01. The third-order valence-electron chi connectivity index (χ3n) is 3.30. The number of benzene rings is 1. The van der Waals surface area contributed by atoms with Crippen LogP contribution >= 0.6 is 11.3 Å². The van der Waals surface area contributed by atoms with Crippen LogP contribution in [-0.4, -0.2) is 17.7 Å². The summed E-state index contributed by atoms with van der Waals surface area (Å²) in [6.45, 7) is 6.15. The standard InChI is InChI=1S/C16H20N2O2S/c1-10-6-11(2)15(12(3)7-10)18-16(20)17-8-14(19)13-4-5-21-9-13/h4-7,9,14,19H,8H2,1-3H3,(H2,17,18,20). The van der Waals surface area contributed by atoms with Crippen molar-refractivity contribution in [1.29, 1.82) is 0 Å². The Morgan fingerprint density at radius 1 is 1.29 bits per heavy atom. The van der Waals surface area contributed by atoms with Crippen molar-refractivity contribution in [3.05, 3.63) is 51.2 Å². The van der Waals surface area contributed by atoms with E-state index in [-0.39, 0.29) is 12.6 Å². The average molecular weight is 304 g/mol. The topological polar surface area (TPSA) is 61.4 Å². The van der Waals surface area contributed by atoms with E-state index in [0.29, 0.717) is 0 Å². The maximum atomic E-state index is 11.9. The fraction of sp³-hybridized carbons (Fsp3) is 0.312. The van der Waals surface area contributed by atoms with Crippen molar-refractivity contribution < 1.29 is 9.90 Å². The number of aryl methyl sites for hydroxylation is 3. The highest BCUT2D eigenvalue weighted by Gasteiger charge is 2.11. The molecule has 1 heterocycles. The van der Waals surface area contributed by atoms with Crippen LogP contribution in [-0.2, 0) is 0 Å². The molecule has 3 N–H and O–H groups in total. The van der Waals surface area contributed by atoms with E-state index in [4.69, 9.17) is 0 Å². The Bertz CT molecular complexity index is 600. The molecule has 0 aliphatic carbocycles. The zero-order chi connectivity index (χ0) is 15.4. The molecule has 0 aliphatic rings. The van der Waals surface area contributed by atoms with Gasteiger partial charge in [0, 0.05) is 12.2 Å². The van der Waals surface area contributed by atoms with Gasteiger partial charge in [-0.2, -0.15) is 11.3 Å². The largest absolute Gasteiger partial charge is 0.387 e. The average Bonchev–Trinajstić information content (AvgIpc) is 2.94. The summed E-state index contributed by atoms with van der Waals surface area (Å²) in [6, 6.07) is 5.61. The smallest absolute Gasteiger partial charge is 0.319 e. The van der Waals surface area contributed by atoms with Gasteiger partial charge >= 0.3 is 6.03 Å². The van der Waals surface area contributed by atoms with Crippen molar-refractivity contribution in [2.75, 3.05) is 11.9 Å². The van der Waals surface area contributed by atoms with Gasteiger partial charge in [0.05, 0.1) is 6.10 Å². The molecule has 1 aromatic carbocycles. The Hall–Kier alpha value is -1.85. The maximum absolute atomic E-state index is 11.9. The molecule has 2 rings (SSSR count). The highest BCUT2D eigenvalue weighted by molar-refractivity contribution is 7.07. The Balaban J connectivity index is 1.93. The minimum atomic E-state index is -0.679. The van der Waals surface area contributed by atoms with E-state index >= 15 is 0 Å². The number of thiophene rings is 1. The lowest BCUT2D eigenvalue weighted by molar-refractivity contribution is 0.175. The summed E-state index contributed by atoms with van der Waals surface area (Å²) in [5.74, 6) is 0. The lowest BCUT2D eigenvalue weighted by Gasteiger charge is -2.15. The summed E-state index contributed by atoms with van der Waals surface area (Å²) < 4.78 is 0. The lowest BCUT2D eigenvalue weighted by atomic mass is 10.1. The number of urea groups is 1. The van der Waals surface area contributed by atoms with Crippen molar-refractivity contribution >= 4 is 23.1 Å². The summed E-state index contributed by atoms with van der Waals surface area (Å²) >= 11 is 1.52. The first-order valence-corrected chi connectivity index (χ1v) is 7.74. The van der Waals surface area contributed by atoms with Gasteiger partial charge in [-0.15, -0.1) is 0 Å². The highest BCUT2D eigenvalue weighted by Crippen LogP contribution is 2.21. The van der Waals surface area contributed by atoms with Crippen molar-refractivity contribution in [1.82, 2.24) is 5.32 Å². The molecule has 1 atom stereocenters. The number of rotatable bonds is 4. The lowest BCUT2D eigenvalue weighted by Crippen LogP contribution is -2.32. The van der Waals surface area contributed by atoms with Crippen LogP contribution in [0.25, 0.3) is 0 Å².